The first-order valence-electron chi connectivity index (χ1n) is 8.03. The highest BCUT2D eigenvalue weighted by molar-refractivity contribution is 5.92. The summed E-state index contributed by atoms with van der Waals surface area (Å²) in [6, 6.07) is -3.17. The van der Waals surface area contributed by atoms with E-state index >= 15 is 0 Å². The summed E-state index contributed by atoms with van der Waals surface area (Å²) >= 11 is 0. The Labute approximate surface area is 150 Å². The third-order valence-corrected chi connectivity index (χ3v) is 3.42. The SMILES string of the molecule is CC(NC(=O)C(NC(=O)CNC(=O)C(N)CCC(=O)O)C(C)C)C(=O)O. The Morgan fingerprint density at radius 2 is 1.54 bits per heavy atom. The van der Waals surface area contributed by atoms with Crippen LogP contribution in [0.1, 0.15) is 33.6 Å². The van der Waals surface area contributed by atoms with E-state index in [1.165, 1.54) is 6.92 Å². The van der Waals surface area contributed by atoms with Crippen LogP contribution in [0.5, 0.6) is 0 Å². The number of hydrogen-bond donors (Lipinski definition) is 6. The molecule has 0 aromatic carbocycles. The van der Waals surface area contributed by atoms with Gasteiger partial charge in [-0.2, -0.15) is 0 Å². The average molecular weight is 374 g/mol. The van der Waals surface area contributed by atoms with E-state index in [9.17, 15) is 24.0 Å². The molecule has 0 heterocycles. The second-order valence-electron chi connectivity index (χ2n) is 6.11. The molecular weight excluding hydrogens is 348 g/mol. The maximum atomic E-state index is 12.1. The van der Waals surface area contributed by atoms with Crippen molar-refractivity contribution in [3.05, 3.63) is 0 Å². The number of aliphatic carboxylic acids is 2. The number of amides is 3. The number of carboxylic acid groups (broad SMARTS) is 2. The molecule has 3 unspecified atom stereocenters. The molecule has 26 heavy (non-hydrogen) atoms. The first-order chi connectivity index (χ1) is 12.0. The number of carboxylic acids is 2. The van der Waals surface area contributed by atoms with Crippen LogP contribution in [0, 0.1) is 5.92 Å². The molecule has 0 bridgehead atoms. The third kappa shape index (κ3) is 8.97. The molecule has 0 saturated heterocycles. The second-order valence-corrected chi connectivity index (χ2v) is 6.11. The Morgan fingerprint density at radius 3 is 2.00 bits per heavy atom. The van der Waals surface area contributed by atoms with Gasteiger partial charge in [0, 0.05) is 6.42 Å². The van der Waals surface area contributed by atoms with E-state index < -0.39 is 54.3 Å². The normalized spacial score (nSPS) is 14.0. The van der Waals surface area contributed by atoms with Crippen LogP contribution in [0.15, 0.2) is 0 Å². The molecule has 0 rings (SSSR count). The number of hydrogen-bond acceptors (Lipinski definition) is 6. The van der Waals surface area contributed by atoms with E-state index in [2.05, 4.69) is 16.0 Å². The van der Waals surface area contributed by atoms with Crippen LogP contribution in [0.25, 0.3) is 0 Å². The van der Waals surface area contributed by atoms with Gasteiger partial charge in [-0.15, -0.1) is 0 Å². The van der Waals surface area contributed by atoms with E-state index in [1.807, 2.05) is 0 Å². The lowest BCUT2D eigenvalue weighted by atomic mass is 10.0. The molecule has 0 fully saturated rings. The molecule has 0 aliphatic carbocycles. The van der Waals surface area contributed by atoms with Crippen molar-refractivity contribution in [1.82, 2.24) is 16.0 Å². The van der Waals surface area contributed by atoms with Gasteiger partial charge in [0.2, 0.25) is 17.7 Å². The molecule has 0 radical (unpaired) electrons. The van der Waals surface area contributed by atoms with Crippen molar-refractivity contribution in [3.63, 3.8) is 0 Å². The van der Waals surface area contributed by atoms with Crippen molar-refractivity contribution in [3.8, 4) is 0 Å². The zero-order chi connectivity index (χ0) is 20.4. The van der Waals surface area contributed by atoms with E-state index in [-0.39, 0.29) is 18.8 Å². The Hall–Kier alpha value is -2.69. The average Bonchev–Trinajstić information content (AvgIpc) is 2.54. The summed E-state index contributed by atoms with van der Waals surface area (Å²) in [6.45, 7) is 4.16. The van der Waals surface area contributed by atoms with E-state index in [4.69, 9.17) is 15.9 Å². The molecular formula is C15H26N4O7. The zero-order valence-corrected chi connectivity index (χ0v) is 14.9. The van der Waals surface area contributed by atoms with Gasteiger partial charge in [0.25, 0.3) is 0 Å². The van der Waals surface area contributed by atoms with Gasteiger partial charge in [-0.25, -0.2) is 0 Å². The zero-order valence-electron chi connectivity index (χ0n) is 14.9. The van der Waals surface area contributed by atoms with Gasteiger partial charge in [0.15, 0.2) is 0 Å². The van der Waals surface area contributed by atoms with Crippen LogP contribution >= 0.6 is 0 Å². The number of rotatable bonds is 11. The highest BCUT2D eigenvalue weighted by atomic mass is 16.4. The predicted molar refractivity (Wildman–Crippen MR) is 89.9 cm³/mol. The van der Waals surface area contributed by atoms with Crippen molar-refractivity contribution in [2.24, 2.45) is 11.7 Å². The van der Waals surface area contributed by atoms with Crippen molar-refractivity contribution in [2.75, 3.05) is 6.54 Å². The monoisotopic (exact) mass is 374 g/mol. The Morgan fingerprint density at radius 1 is 0.962 bits per heavy atom. The lowest BCUT2D eigenvalue weighted by Crippen LogP contribution is -2.55. The first kappa shape index (κ1) is 23.3. The molecule has 148 valence electrons. The van der Waals surface area contributed by atoms with Crippen molar-refractivity contribution in [2.45, 2.75) is 51.7 Å². The van der Waals surface area contributed by atoms with Gasteiger partial charge in [0.05, 0.1) is 12.6 Å². The fourth-order valence-electron chi connectivity index (χ4n) is 1.83. The molecule has 0 aromatic rings. The minimum absolute atomic E-state index is 0.0765. The largest absolute Gasteiger partial charge is 0.481 e. The van der Waals surface area contributed by atoms with Crippen LogP contribution in [0.3, 0.4) is 0 Å². The fraction of sp³-hybridized carbons (Fsp3) is 0.667. The highest BCUT2D eigenvalue weighted by Gasteiger charge is 2.27. The van der Waals surface area contributed by atoms with Crippen molar-refractivity contribution < 1.29 is 34.2 Å². The lowest BCUT2D eigenvalue weighted by molar-refractivity contribution is -0.142. The quantitative estimate of drug-likeness (QED) is 0.240. The summed E-state index contributed by atoms with van der Waals surface area (Å²) in [7, 11) is 0. The van der Waals surface area contributed by atoms with E-state index in [1.54, 1.807) is 13.8 Å². The third-order valence-electron chi connectivity index (χ3n) is 3.42. The Kier molecular flexibility index (Phi) is 9.89. The van der Waals surface area contributed by atoms with Gasteiger partial charge in [0.1, 0.15) is 12.1 Å². The van der Waals surface area contributed by atoms with Crippen LogP contribution in [0.2, 0.25) is 0 Å². The van der Waals surface area contributed by atoms with Crippen molar-refractivity contribution in [1.29, 1.82) is 0 Å². The topological polar surface area (TPSA) is 188 Å². The van der Waals surface area contributed by atoms with Gasteiger partial charge >= 0.3 is 11.9 Å². The molecule has 3 amide bonds. The highest BCUT2D eigenvalue weighted by Crippen LogP contribution is 2.02. The molecule has 0 aliphatic rings. The number of nitrogens with two attached hydrogens (primary N) is 1. The summed E-state index contributed by atoms with van der Waals surface area (Å²) in [5.74, 6) is -4.64. The summed E-state index contributed by atoms with van der Waals surface area (Å²) in [5, 5.41) is 24.3. The Bertz CT molecular complexity index is 550. The molecule has 0 saturated carbocycles. The molecule has 0 spiro atoms. The maximum Gasteiger partial charge on any atom is 0.325 e. The van der Waals surface area contributed by atoms with Crippen molar-refractivity contribution >= 4 is 29.7 Å². The van der Waals surface area contributed by atoms with Gasteiger partial charge in [-0.3, -0.25) is 24.0 Å². The first-order valence-corrected chi connectivity index (χ1v) is 8.03. The lowest BCUT2D eigenvalue weighted by Gasteiger charge is -2.23. The Balaban J connectivity index is 4.55. The van der Waals surface area contributed by atoms with Gasteiger partial charge in [-0.05, 0) is 19.3 Å². The second kappa shape index (κ2) is 11.0. The minimum Gasteiger partial charge on any atom is -0.481 e. The van der Waals surface area contributed by atoms with Gasteiger partial charge in [-0.1, -0.05) is 13.8 Å². The standard InChI is InChI=1S/C15H26N4O7/c1-7(2)12(14(24)18-8(3)15(25)26)19-10(20)6-17-13(23)9(16)4-5-11(21)22/h7-9,12H,4-6,16H2,1-3H3,(H,17,23)(H,18,24)(H,19,20)(H,21,22)(H,25,26). The molecule has 3 atom stereocenters. The smallest absolute Gasteiger partial charge is 0.325 e. The summed E-state index contributed by atoms with van der Waals surface area (Å²) in [4.78, 5) is 56.9. The van der Waals surface area contributed by atoms with Crippen LogP contribution in [-0.2, 0) is 24.0 Å². The summed E-state index contributed by atoms with van der Waals surface area (Å²) in [6.07, 6.45) is -0.356. The predicted octanol–water partition coefficient (Wildman–Crippen LogP) is -1.98. The fourth-order valence-corrected chi connectivity index (χ4v) is 1.83. The maximum absolute atomic E-state index is 12.1. The van der Waals surface area contributed by atoms with E-state index in [0.717, 1.165) is 0 Å². The summed E-state index contributed by atoms with van der Waals surface area (Å²) in [5.41, 5.74) is 5.51. The molecule has 11 heteroatoms. The number of nitrogens with one attached hydrogen (secondary N) is 3. The minimum atomic E-state index is -1.21. The summed E-state index contributed by atoms with van der Waals surface area (Å²) < 4.78 is 0. The number of carbonyl (C=O) groups is 5. The van der Waals surface area contributed by atoms with Gasteiger partial charge < -0.3 is 31.9 Å². The van der Waals surface area contributed by atoms with Crippen LogP contribution in [0.4, 0.5) is 0 Å². The van der Waals surface area contributed by atoms with Crippen LogP contribution < -0.4 is 21.7 Å². The molecule has 7 N–H and O–H groups in total. The molecule has 0 aliphatic heterocycles. The number of carbonyl (C=O) groups excluding carboxylic acids is 3. The van der Waals surface area contributed by atoms with Crippen LogP contribution in [-0.4, -0.2) is 64.5 Å². The molecule has 0 aromatic heterocycles. The molecule has 11 nitrogen and oxygen atoms in total. The van der Waals surface area contributed by atoms with E-state index in [0.29, 0.717) is 0 Å².